The molecule has 0 amide bonds. The predicted octanol–water partition coefficient (Wildman–Crippen LogP) is 4.04. The van der Waals surface area contributed by atoms with Crippen molar-refractivity contribution in [2.24, 2.45) is 7.05 Å². The maximum absolute atomic E-state index is 6.39. The van der Waals surface area contributed by atoms with Gasteiger partial charge < -0.3 is 5.32 Å². The van der Waals surface area contributed by atoms with E-state index < -0.39 is 0 Å². The summed E-state index contributed by atoms with van der Waals surface area (Å²) in [7, 11) is 1.96. The monoisotopic (exact) mass is 323 g/mol. The highest BCUT2D eigenvalue weighted by Gasteiger charge is 2.13. The number of hydrogen-bond acceptors (Lipinski definition) is 3. The number of nitrogens with one attached hydrogen (secondary N) is 1. The molecule has 1 N–H and O–H groups in total. The molecule has 0 fully saturated rings. The van der Waals surface area contributed by atoms with Crippen LogP contribution in [0.4, 0.5) is 0 Å². The molecule has 1 heterocycles. The molecule has 1 aromatic carbocycles. The van der Waals surface area contributed by atoms with Gasteiger partial charge in [-0.2, -0.15) is 5.10 Å². The fraction of sp³-hybridized carbons (Fsp3) is 0.438. The summed E-state index contributed by atoms with van der Waals surface area (Å²) in [4.78, 5) is 1.26. The van der Waals surface area contributed by atoms with E-state index in [1.165, 1.54) is 10.5 Å². The molecule has 0 atom stereocenters. The molecule has 0 aliphatic heterocycles. The van der Waals surface area contributed by atoms with Gasteiger partial charge in [0.05, 0.1) is 16.4 Å². The van der Waals surface area contributed by atoms with Gasteiger partial charge in [0.2, 0.25) is 0 Å². The van der Waals surface area contributed by atoms with E-state index in [0.29, 0.717) is 0 Å². The zero-order valence-electron chi connectivity index (χ0n) is 12.8. The Kier molecular flexibility index (Phi) is 6.15. The molecule has 1 aromatic heterocycles. The first kappa shape index (κ1) is 16.4. The van der Waals surface area contributed by atoms with Crippen LogP contribution in [0.5, 0.6) is 0 Å². The first-order chi connectivity index (χ1) is 10.2. The number of nitrogens with zero attached hydrogens (tertiary/aromatic N) is 2. The second kappa shape index (κ2) is 7.87. The Balaban J connectivity index is 2.04. The van der Waals surface area contributed by atoms with Gasteiger partial charge in [0, 0.05) is 24.2 Å². The van der Waals surface area contributed by atoms with E-state index in [1.54, 1.807) is 11.8 Å². The lowest BCUT2D eigenvalue weighted by atomic mass is 10.2. The number of rotatable bonds is 7. The first-order valence-electron chi connectivity index (χ1n) is 7.28. The molecule has 0 bridgehead atoms. The van der Waals surface area contributed by atoms with Gasteiger partial charge in [0.1, 0.15) is 0 Å². The van der Waals surface area contributed by atoms with Gasteiger partial charge in [-0.05, 0) is 30.7 Å². The third kappa shape index (κ3) is 4.25. The highest BCUT2D eigenvalue weighted by molar-refractivity contribution is 7.98. The number of thioether (sulfide) groups is 1. The standard InChI is InChI=1S/C16H22ClN3S/c1-4-14-16(17)15(20(3)19-14)11-21-13-8-6-7-12(9-13)10-18-5-2/h6-9,18H,4-5,10-11H2,1-3H3. The Labute approximate surface area is 136 Å². The average molecular weight is 324 g/mol. The second-order valence-electron chi connectivity index (χ2n) is 4.90. The van der Waals surface area contributed by atoms with Crippen molar-refractivity contribution in [2.75, 3.05) is 6.54 Å². The highest BCUT2D eigenvalue weighted by Crippen LogP contribution is 2.29. The van der Waals surface area contributed by atoms with Crippen LogP contribution < -0.4 is 5.32 Å². The fourth-order valence-electron chi connectivity index (χ4n) is 2.14. The van der Waals surface area contributed by atoms with Crippen LogP contribution in [0.3, 0.4) is 0 Å². The molecular formula is C16H22ClN3S. The maximum Gasteiger partial charge on any atom is 0.0858 e. The Hall–Kier alpha value is -0.970. The smallest absolute Gasteiger partial charge is 0.0858 e. The van der Waals surface area contributed by atoms with Crippen molar-refractivity contribution in [3.8, 4) is 0 Å². The van der Waals surface area contributed by atoms with E-state index in [-0.39, 0.29) is 0 Å². The van der Waals surface area contributed by atoms with Crippen molar-refractivity contribution in [1.29, 1.82) is 0 Å². The lowest BCUT2D eigenvalue weighted by molar-refractivity contribution is 0.719. The highest BCUT2D eigenvalue weighted by atomic mass is 35.5. The molecule has 0 spiro atoms. The third-order valence-electron chi connectivity index (χ3n) is 3.36. The van der Waals surface area contributed by atoms with Gasteiger partial charge in [0.25, 0.3) is 0 Å². The van der Waals surface area contributed by atoms with Gasteiger partial charge >= 0.3 is 0 Å². The van der Waals surface area contributed by atoms with E-state index in [1.807, 2.05) is 11.7 Å². The van der Waals surface area contributed by atoms with Crippen LogP contribution in [-0.2, 0) is 25.8 Å². The molecule has 0 aliphatic rings. The van der Waals surface area contributed by atoms with E-state index in [2.05, 4.69) is 48.5 Å². The minimum Gasteiger partial charge on any atom is -0.313 e. The summed E-state index contributed by atoms with van der Waals surface area (Å²) in [6.45, 7) is 6.10. The first-order valence-corrected chi connectivity index (χ1v) is 8.64. The minimum absolute atomic E-state index is 0.816. The van der Waals surface area contributed by atoms with Gasteiger partial charge in [-0.1, -0.05) is 37.6 Å². The Bertz CT molecular complexity index is 595. The van der Waals surface area contributed by atoms with Crippen LogP contribution in [0, 0.1) is 0 Å². The summed E-state index contributed by atoms with van der Waals surface area (Å²) in [6.07, 6.45) is 0.871. The molecule has 0 saturated heterocycles. The summed E-state index contributed by atoms with van der Waals surface area (Å²) in [5.41, 5.74) is 3.39. The van der Waals surface area contributed by atoms with Crippen LogP contribution in [-0.4, -0.2) is 16.3 Å². The number of aromatic nitrogens is 2. The summed E-state index contributed by atoms with van der Waals surface area (Å²) in [6, 6.07) is 8.64. The van der Waals surface area contributed by atoms with Gasteiger partial charge in [-0.15, -0.1) is 11.8 Å². The summed E-state index contributed by atoms with van der Waals surface area (Å²) in [5, 5.41) is 8.63. The van der Waals surface area contributed by atoms with Crippen LogP contribution in [0.25, 0.3) is 0 Å². The summed E-state index contributed by atoms with van der Waals surface area (Å²) >= 11 is 8.19. The number of halogens is 1. The average Bonchev–Trinajstić information content (AvgIpc) is 2.77. The van der Waals surface area contributed by atoms with Crippen molar-refractivity contribution in [1.82, 2.24) is 15.1 Å². The lowest BCUT2D eigenvalue weighted by Gasteiger charge is -2.06. The van der Waals surface area contributed by atoms with Crippen LogP contribution in [0.15, 0.2) is 29.2 Å². The number of benzene rings is 1. The van der Waals surface area contributed by atoms with E-state index in [4.69, 9.17) is 11.6 Å². The molecule has 2 aromatic rings. The summed E-state index contributed by atoms with van der Waals surface area (Å²) in [5.74, 6) is 0.840. The molecule has 0 unspecified atom stereocenters. The Morgan fingerprint density at radius 1 is 1.33 bits per heavy atom. The van der Waals surface area contributed by atoms with Gasteiger partial charge in [-0.25, -0.2) is 0 Å². The minimum atomic E-state index is 0.816. The Morgan fingerprint density at radius 3 is 2.81 bits per heavy atom. The molecule has 5 heteroatoms. The number of hydrogen-bond donors (Lipinski definition) is 1. The third-order valence-corrected chi connectivity index (χ3v) is 4.80. The maximum atomic E-state index is 6.39. The number of aryl methyl sites for hydroxylation is 2. The second-order valence-corrected chi connectivity index (χ2v) is 6.33. The quantitative estimate of drug-likeness (QED) is 0.780. The molecule has 2 rings (SSSR count). The van der Waals surface area contributed by atoms with Crippen LogP contribution in [0.1, 0.15) is 30.8 Å². The van der Waals surface area contributed by atoms with Crippen molar-refractivity contribution in [3.05, 3.63) is 46.2 Å². The SMILES string of the molecule is CCNCc1cccc(SCc2c(Cl)c(CC)nn2C)c1. The van der Waals surface area contributed by atoms with E-state index in [0.717, 1.165) is 41.7 Å². The van der Waals surface area contributed by atoms with Crippen LogP contribution in [0.2, 0.25) is 5.02 Å². The van der Waals surface area contributed by atoms with Crippen molar-refractivity contribution in [2.45, 2.75) is 37.5 Å². The fourth-order valence-corrected chi connectivity index (χ4v) is 3.63. The molecule has 0 saturated carbocycles. The van der Waals surface area contributed by atoms with Crippen LogP contribution >= 0.6 is 23.4 Å². The van der Waals surface area contributed by atoms with Crippen molar-refractivity contribution < 1.29 is 0 Å². The van der Waals surface area contributed by atoms with Crippen molar-refractivity contribution in [3.63, 3.8) is 0 Å². The zero-order chi connectivity index (χ0) is 15.2. The normalized spacial score (nSPS) is 11.0. The predicted molar refractivity (Wildman–Crippen MR) is 91.0 cm³/mol. The molecule has 21 heavy (non-hydrogen) atoms. The molecule has 3 nitrogen and oxygen atoms in total. The molecular weight excluding hydrogens is 302 g/mol. The molecule has 0 aliphatic carbocycles. The zero-order valence-corrected chi connectivity index (χ0v) is 14.4. The van der Waals surface area contributed by atoms with E-state index >= 15 is 0 Å². The van der Waals surface area contributed by atoms with E-state index in [9.17, 15) is 0 Å². The Morgan fingerprint density at radius 2 is 2.14 bits per heavy atom. The van der Waals surface area contributed by atoms with Crippen molar-refractivity contribution >= 4 is 23.4 Å². The topological polar surface area (TPSA) is 29.9 Å². The van der Waals surface area contributed by atoms with Gasteiger partial charge in [-0.3, -0.25) is 4.68 Å². The summed E-state index contributed by atoms with van der Waals surface area (Å²) < 4.78 is 1.90. The lowest BCUT2D eigenvalue weighted by Crippen LogP contribution is -2.11. The van der Waals surface area contributed by atoms with Gasteiger partial charge in [0.15, 0.2) is 0 Å². The largest absolute Gasteiger partial charge is 0.313 e. The molecule has 0 radical (unpaired) electrons. The molecule has 114 valence electrons.